The lowest BCUT2D eigenvalue weighted by molar-refractivity contribution is -0.127. The zero-order valence-electron chi connectivity index (χ0n) is 15.3. The molecule has 1 saturated heterocycles. The molecule has 28 heavy (non-hydrogen) atoms. The maximum absolute atomic E-state index is 12.6. The van der Waals surface area contributed by atoms with Crippen molar-refractivity contribution >= 4 is 44.5 Å². The number of imide groups is 1. The Kier molecular flexibility index (Phi) is 5.92. The fraction of sp³-hybridized carbons (Fsp3) is 0.389. The average Bonchev–Trinajstić information content (AvgIpc) is 2.90. The van der Waals surface area contributed by atoms with Crippen molar-refractivity contribution in [2.24, 2.45) is 11.1 Å². The molecule has 0 bridgehead atoms. The average molecular weight is 424 g/mol. The van der Waals surface area contributed by atoms with Crippen LogP contribution in [0.4, 0.5) is 10.5 Å². The molecule has 1 aromatic carbocycles. The normalized spacial score (nSPS) is 20.6. The molecular weight excluding hydrogens is 402 g/mol. The van der Waals surface area contributed by atoms with Crippen molar-refractivity contribution in [1.29, 1.82) is 0 Å². The Labute approximate surface area is 167 Å². The van der Waals surface area contributed by atoms with Crippen LogP contribution in [0.1, 0.15) is 32.6 Å². The molecule has 8 nitrogen and oxygen atoms in total. The third kappa shape index (κ3) is 4.62. The van der Waals surface area contributed by atoms with E-state index in [2.05, 4.69) is 12.2 Å². The largest absolute Gasteiger partial charge is 0.325 e. The van der Waals surface area contributed by atoms with Gasteiger partial charge in [-0.1, -0.05) is 12.5 Å². The molecule has 2 fully saturated rings. The highest BCUT2D eigenvalue weighted by molar-refractivity contribution is 8.18. The first kappa shape index (κ1) is 20.6. The first-order valence-corrected chi connectivity index (χ1v) is 11.2. The lowest BCUT2D eigenvalue weighted by atomic mass is 9.87. The molecule has 1 aromatic rings. The van der Waals surface area contributed by atoms with Gasteiger partial charge in [-0.3, -0.25) is 19.3 Å². The standard InChI is InChI=1S/C18H21N3O5S2/c1-11-2-4-12(5-3-11)16-17(23)21(18(24)27-16)10-15(22)20-13-6-8-14(9-7-13)28(19,25)26/h6-9,11H,2-5,10H2,1H3,(H,20,22)(H2,19,25,26). The van der Waals surface area contributed by atoms with E-state index in [4.69, 9.17) is 5.14 Å². The summed E-state index contributed by atoms with van der Waals surface area (Å²) in [6, 6.07) is 5.30. The quantitative estimate of drug-likeness (QED) is 0.716. The van der Waals surface area contributed by atoms with Crippen molar-refractivity contribution in [3.63, 3.8) is 0 Å². The second-order valence-electron chi connectivity index (χ2n) is 6.99. The van der Waals surface area contributed by atoms with Crippen LogP contribution in [0.3, 0.4) is 0 Å². The Hall–Kier alpha value is -2.17. The van der Waals surface area contributed by atoms with Gasteiger partial charge >= 0.3 is 0 Å². The molecule has 0 aromatic heterocycles. The highest BCUT2D eigenvalue weighted by atomic mass is 32.2. The lowest BCUT2D eigenvalue weighted by Crippen LogP contribution is -2.36. The minimum atomic E-state index is -3.82. The van der Waals surface area contributed by atoms with Crippen LogP contribution < -0.4 is 10.5 Å². The summed E-state index contributed by atoms with van der Waals surface area (Å²) in [5, 5.41) is 7.12. The van der Waals surface area contributed by atoms with Crippen LogP contribution >= 0.6 is 11.8 Å². The van der Waals surface area contributed by atoms with Gasteiger partial charge in [-0.15, -0.1) is 0 Å². The molecule has 1 heterocycles. The van der Waals surface area contributed by atoms with Crippen LogP contribution in [0.15, 0.2) is 39.6 Å². The van der Waals surface area contributed by atoms with Crippen molar-refractivity contribution in [2.75, 3.05) is 11.9 Å². The first-order chi connectivity index (χ1) is 13.1. The number of primary sulfonamides is 1. The van der Waals surface area contributed by atoms with Gasteiger partial charge in [-0.2, -0.15) is 0 Å². The van der Waals surface area contributed by atoms with Crippen molar-refractivity contribution < 1.29 is 22.8 Å². The third-order valence-electron chi connectivity index (χ3n) is 4.82. The van der Waals surface area contributed by atoms with E-state index in [0.29, 0.717) is 16.5 Å². The zero-order valence-corrected chi connectivity index (χ0v) is 16.9. The topological polar surface area (TPSA) is 127 Å². The van der Waals surface area contributed by atoms with E-state index in [1.807, 2.05) is 0 Å². The van der Waals surface area contributed by atoms with Crippen LogP contribution in [-0.2, 0) is 19.6 Å². The summed E-state index contributed by atoms with van der Waals surface area (Å²) < 4.78 is 22.5. The molecule has 10 heteroatoms. The molecule has 1 saturated carbocycles. The highest BCUT2D eigenvalue weighted by Gasteiger charge is 2.38. The molecule has 0 radical (unpaired) electrons. The summed E-state index contributed by atoms with van der Waals surface area (Å²) in [5.74, 6) is -0.350. The maximum atomic E-state index is 12.6. The van der Waals surface area contributed by atoms with Crippen LogP contribution in [0.2, 0.25) is 0 Å². The lowest BCUT2D eigenvalue weighted by Gasteiger charge is -2.21. The van der Waals surface area contributed by atoms with Gasteiger partial charge in [-0.25, -0.2) is 13.6 Å². The van der Waals surface area contributed by atoms with Crippen LogP contribution in [-0.4, -0.2) is 36.9 Å². The molecule has 0 atom stereocenters. The zero-order chi connectivity index (χ0) is 20.5. The molecular formula is C18H21N3O5S2. The predicted molar refractivity (Wildman–Crippen MR) is 106 cm³/mol. The highest BCUT2D eigenvalue weighted by Crippen LogP contribution is 2.39. The monoisotopic (exact) mass is 423 g/mol. The summed E-state index contributed by atoms with van der Waals surface area (Å²) in [6.45, 7) is 1.77. The van der Waals surface area contributed by atoms with Gasteiger partial charge < -0.3 is 5.32 Å². The molecule has 0 spiro atoms. The smallest absolute Gasteiger partial charge is 0.294 e. The molecule has 3 rings (SSSR count). The number of sulfonamides is 1. The van der Waals surface area contributed by atoms with Crippen LogP contribution in [0, 0.1) is 5.92 Å². The van der Waals surface area contributed by atoms with Crippen molar-refractivity contribution in [2.45, 2.75) is 37.5 Å². The maximum Gasteiger partial charge on any atom is 0.294 e. The van der Waals surface area contributed by atoms with Gasteiger partial charge in [-0.05, 0) is 67.6 Å². The number of hydrogen-bond acceptors (Lipinski definition) is 6. The number of allylic oxidation sites excluding steroid dienone is 1. The number of carbonyl (C=O) groups excluding carboxylic acids is 3. The number of thioether (sulfide) groups is 1. The van der Waals surface area contributed by atoms with Crippen molar-refractivity contribution in [3.05, 3.63) is 34.7 Å². The molecule has 1 aliphatic carbocycles. The first-order valence-electron chi connectivity index (χ1n) is 8.83. The number of nitrogens with one attached hydrogen (secondary N) is 1. The predicted octanol–water partition coefficient (Wildman–Crippen LogP) is 2.43. The SMILES string of the molecule is CC1CCC(=C2SC(=O)N(CC(=O)Nc3ccc(S(N)(=O)=O)cc3)C2=O)CC1. The van der Waals surface area contributed by atoms with Gasteiger partial charge in [0.15, 0.2) is 0 Å². The van der Waals surface area contributed by atoms with Gasteiger partial charge in [0, 0.05) is 5.69 Å². The number of carbonyl (C=O) groups is 3. The van der Waals surface area contributed by atoms with E-state index < -0.39 is 33.6 Å². The molecule has 1 aliphatic heterocycles. The van der Waals surface area contributed by atoms with E-state index >= 15 is 0 Å². The van der Waals surface area contributed by atoms with Crippen LogP contribution in [0.25, 0.3) is 0 Å². The van der Waals surface area contributed by atoms with Crippen LogP contribution in [0.5, 0.6) is 0 Å². The van der Waals surface area contributed by atoms with E-state index in [-0.39, 0.29) is 4.90 Å². The van der Waals surface area contributed by atoms with Gasteiger partial charge in [0.05, 0.1) is 9.80 Å². The number of anilines is 1. The minimum Gasteiger partial charge on any atom is -0.325 e. The number of nitrogens with zero attached hydrogens (tertiary/aromatic N) is 1. The number of benzene rings is 1. The fourth-order valence-electron chi connectivity index (χ4n) is 3.16. The van der Waals surface area contributed by atoms with Gasteiger partial charge in [0.2, 0.25) is 15.9 Å². The number of nitrogens with two attached hydrogens (primary N) is 1. The Morgan fingerprint density at radius 3 is 2.39 bits per heavy atom. The second-order valence-corrected chi connectivity index (χ2v) is 9.52. The Morgan fingerprint density at radius 1 is 1.21 bits per heavy atom. The molecule has 150 valence electrons. The number of hydrogen-bond donors (Lipinski definition) is 2. The van der Waals surface area contributed by atoms with Crippen molar-refractivity contribution in [3.8, 4) is 0 Å². The summed E-state index contributed by atoms with van der Waals surface area (Å²) in [7, 11) is -3.82. The van der Waals surface area contributed by atoms with E-state index in [1.54, 1.807) is 0 Å². The van der Waals surface area contributed by atoms with E-state index in [1.165, 1.54) is 24.3 Å². The minimum absolute atomic E-state index is 0.0788. The molecule has 2 aliphatic rings. The molecule has 0 unspecified atom stereocenters. The fourth-order valence-corrected chi connectivity index (χ4v) is 4.65. The molecule has 3 N–H and O–H groups in total. The van der Waals surface area contributed by atoms with Crippen molar-refractivity contribution in [1.82, 2.24) is 4.90 Å². The van der Waals surface area contributed by atoms with Gasteiger partial charge in [0.1, 0.15) is 6.54 Å². The number of rotatable bonds is 4. The summed E-state index contributed by atoms with van der Waals surface area (Å²) in [4.78, 5) is 38.4. The van der Waals surface area contributed by atoms with Gasteiger partial charge in [0.25, 0.3) is 11.1 Å². The molecule has 3 amide bonds. The number of amides is 3. The Bertz CT molecular complexity index is 944. The summed E-state index contributed by atoms with van der Waals surface area (Å²) in [5.41, 5.74) is 1.34. The Morgan fingerprint density at radius 2 is 1.82 bits per heavy atom. The Balaban J connectivity index is 1.65. The van der Waals surface area contributed by atoms with E-state index in [9.17, 15) is 22.8 Å². The van der Waals surface area contributed by atoms with E-state index in [0.717, 1.165) is 47.9 Å². The third-order valence-corrected chi connectivity index (χ3v) is 6.81. The second kappa shape index (κ2) is 8.06. The summed E-state index contributed by atoms with van der Waals surface area (Å²) in [6.07, 6.45) is 3.60. The summed E-state index contributed by atoms with van der Waals surface area (Å²) >= 11 is 0.899.